The van der Waals surface area contributed by atoms with Gasteiger partial charge in [-0.15, -0.1) is 0 Å². The summed E-state index contributed by atoms with van der Waals surface area (Å²) >= 11 is 0. The summed E-state index contributed by atoms with van der Waals surface area (Å²) in [6, 6.07) is 6.31. The van der Waals surface area contributed by atoms with Gasteiger partial charge in [0.25, 0.3) is 0 Å². The number of rotatable bonds is 2. The molecule has 0 aliphatic carbocycles. The minimum absolute atomic E-state index is 0.554. The molecule has 0 amide bonds. The van der Waals surface area contributed by atoms with Crippen LogP contribution in [-0.4, -0.2) is 47.3 Å². The zero-order valence-electron chi connectivity index (χ0n) is 10.6. The van der Waals surface area contributed by atoms with Gasteiger partial charge in [-0.1, -0.05) is 6.07 Å². The van der Waals surface area contributed by atoms with E-state index in [1.165, 1.54) is 0 Å². The molecular formula is C14H20N2O2. The molecule has 1 atom stereocenters. The normalized spacial score (nSPS) is 28.4. The van der Waals surface area contributed by atoms with Crippen LogP contribution in [0.25, 0.3) is 0 Å². The fourth-order valence-corrected chi connectivity index (χ4v) is 2.96. The van der Waals surface area contributed by atoms with Gasteiger partial charge in [-0.25, -0.2) is 0 Å². The summed E-state index contributed by atoms with van der Waals surface area (Å²) in [5.41, 5.74) is 0.0735. The fourth-order valence-electron chi connectivity index (χ4n) is 2.96. The Bertz CT molecular complexity index is 382. The highest BCUT2D eigenvalue weighted by atomic mass is 16.5. The molecule has 4 heteroatoms. The van der Waals surface area contributed by atoms with E-state index in [1.807, 2.05) is 18.2 Å². The molecule has 2 aliphatic rings. The summed E-state index contributed by atoms with van der Waals surface area (Å²) in [6.45, 7) is 3.59. The van der Waals surface area contributed by atoms with Crippen molar-refractivity contribution in [3.8, 4) is 0 Å². The number of hydrogen-bond acceptors (Lipinski definition) is 4. The Hall–Kier alpha value is -0.970. The van der Waals surface area contributed by atoms with Crippen LogP contribution < -0.4 is 0 Å². The maximum atomic E-state index is 10.7. The van der Waals surface area contributed by atoms with Crippen LogP contribution in [0, 0.1) is 0 Å². The van der Waals surface area contributed by atoms with E-state index in [-0.39, 0.29) is 0 Å². The SMILES string of the molecule is OC1(c2ccccn2)CCN([C@@H]2CCOC2)CC1. The molecule has 0 unspecified atom stereocenters. The van der Waals surface area contributed by atoms with Gasteiger partial charge < -0.3 is 9.84 Å². The van der Waals surface area contributed by atoms with Crippen LogP contribution in [0.2, 0.25) is 0 Å². The number of aliphatic hydroxyl groups is 1. The van der Waals surface area contributed by atoms with E-state index in [4.69, 9.17) is 4.74 Å². The Balaban J connectivity index is 1.65. The summed E-state index contributed by atoms with van der Waals surface area (Å²) in [6.07, 6.45) is 4.41. The third kappa shape index (κ3) is 2.28. The Morgan fingerprint density at radius 1 is 1.33 bits per heavy atom. The lowest BCUT2D eigenvalue weighted by Crippen LogP contribution is -2.47. The largest absolute Gasteiger partial charge is 0.383 e. The maximum Gasteiger partial charge on any atom is 0.109 e. The van der Waals surface area contributed by atoms with Gasteiger partial charge >= 0.3 is 0 Å². The third-order valence-corrected chi connectivity index (χ3v) is 4.19. The number of hydrogen-bond donors (Lipinski definition) is 1. The minimum atomic E-state index is -0.739. The molecule has 0 bridgehead atoms. The number of ether oxygens (including phenoxy) is 1. The van der Waals surface area contributed by atoms with E-state index in [0.717, 1.165) is 51.3 Å². The van der Waals surface area contributed by atoms with Crippen LogP contribution >= 0.6 is 0 Å². The smallest absolute Gasteiger partial charge is 0.109 e. The van der Waals surface area contributed by atoms with E-state index in [0.29, 0.717) is 6.04 Å². The molecule has 0 aromatic carbocycles. The average molecular weight is 248 g/mol. The first-order valence-electron chi connectivity index (χ1n) is 6.74. The molecule has 1 aromatic heterocycles. The predicted octanol–water partition coefficient (Wildman–Crippen LogP) is 1.15. The van der Waals surface area contributed by atoms with Gasteiger partial charge in [0.1, 0.15) is 5.60 Å². The van der Waals surface area contributed by atoms with Gasteiger partial charge in [0.2, 0.25) is 0 Å². The molecule has 1 N–H and O–H groups in total. The Morgan fingerprint density at radius 2 is 2.17 bits per heavy atom. The second kappa shape index (κ2) is 4.96. The zero-order valence-corrected chi connectivity index (χ0v) is 10.6. The van der Waals surface area contributed by atoms with Crippen molar-refractivity contribution in [3.05, 3.63) is 30.1 Å². The Labute approximate surface area is 108 Å². The van der Waals surface area contributed by atoms with Crippen molar-refractivity contribution in [2.24, 2.45) is 0 Å². The monoisotopic (exact) mass is 248 g/mol. The summed E-state index contributed by atoms with van der Waals surface area (Å²) in [5, 5.41) is 10.7. The molecule has 4 nitrogen and oxygen atoms in total. The van der Waals surface area contributed by atoms with Gasteiger partial charge in [0, 0.05) is 31.9 Å². The van der Waals surface area contributed by atoms with Gasteiger partial charge in [-0.2, -0.15) is 0 Å². The van der Waals surface area contributed by atoms with Crippen molar-refractivity contribution in [2.45, 2.75) is 30.9 Å². The highest BCUT2D eigenvalue weighted by molar-refractivity contribution is 5.14. The van der Waals surface area contributed by atoms with E-state index < -0.39 is 5.60 Å². The molecule has 18 heavy (non-hydrogen) atoms. The van der Waals surface area contributed by atoms with Crippen molar-refractivity contribution in [3.63, 3.8) is 0 Å². The van der Waals surface area contributed by atoms with Crippen molar-refractivity contribution in [1.82, 2.24) is 9.88 Å². The highest BCUT2D eigenvalue weighted by Gasteiger charge is 2.37. The van der Waals surface area contributed by atoms with Crippen LogP contribution in [0.15, 0.2) is 24.4 Å². The third-order valence-electron chi connectivity index (χ3n) is 4.19. The molecule has 1 aromatic rings. The Kier molecular flexibility index (Phi) is 3.33. The summed E-state index contributed by atoms with van der Waals surface area (Å²) in [7, 11) is 0. The Morgan fingerprint density at radius 3 is 2.78 bits per heavy atom. The topological polar surface area (TPSA) is 45.6 Å². The standard InChI is InChI=1S/C14H20N2O2/c17-14(13-3-1-2-7-15-13)5-8-16(9-6-14)12-4-10-18-11-12/h1-3,7,12,17H,4-6,8-11H2/t12-/m1/s1. The van der Waals surface area contributed by atoms with Crippen LogP contribution in [-0.2, 0) is 10.3 Å². The lowest BCUT2D eigenvalue weighted by atomic mass is 9.87. The van der Waals surface area contributed by atoms with E-state index in [2.05, 4.69) is 9.88 Å². The number of pyridine rings is 1. The van der Waals surface area contributed by atoms with E-state index >= 15 is 0 Å². The van der Waals surface area contributed by atoms with Gasteiger partial charge in [0.05, 0.1) is 12.3 Å². The van der Waals surface area contributed by atoms with Gasteiger partial charge in [-0.3, -0.25) is 9.88 Å². The number of nitrogens with zero attached hydrogens (tertiary/aromatic N) is 2. The van der Waals surface area contributed by atoms with Crippen molar-refractivity contribution in [2.75, 3.05) is 26.3 Å². The second-order valence-corrected chi connectivity index (χ2v) is 5.30. The molecule has 0 radical (unpaired) electrons. The van der Waals surface area contributed by atoms with Crippen LogP contribution in [0.1, 0.15) is 25.0 Å². The molecule has 0 spiro atoms. The first-order chi connectivity index (χ1) is 8.78. The lowest BCUT2D eigenvalue weighted by molar-refractivity contribution is -0.0393. The summed E-state index contributed by atoms with van der Waals surface area (Å²) < 4.78 is 5.43. The van der Waals surface area contributed by atoms with Crippen molar-refractivity contribution in [1.29, 1.82) is 0 Å². The highest BCUT2D eigenvalue weighted by Crippen LogP contribution is 2.32. The molecule has 3 rings (SSSR count). The first kappa shape index (κ1) is 12.1. The fraction of sp³-hybridized carbons (Fsp3) is 0.643. The number of aromatic nitrogens is 1. The predicted molar refractivity (Wildman–Crippen MR) is 68.2 cm³/mol. The number of likely N-dealkylation sites (tertiary alicyclic amines) is 1. The van der Waals surface area contributed by atoms with Crippen LogP contribution in [0.5, 0.6) is 0 Å². The first-order valence-corrected chi connectivity index (χ1v) is 6.74. The number of piperidine rings is 1. The maximum absolute atomic E-state index is 10.7. The molecule has 2 fully saturated rings. The van der Waals surface area contributed by atoms with E-state index in [9.17, 15) is 5.11 Å². The van der Waals surface area contributed by atoms with Crippen molar-refractivity contribution >= 4 is 0 Å². The molecule has 2 aliphatic heterocycles. The summed E-state index contributed by atoms with van der Waals surface area (Å²) in [4.78, 5) is 6.75. The average Bonchev–Trinajstić information content (AvgIpc) is 2.95. The van der Waals surface area contributed by atoms with Crippen LogP contribution in [0.4, 0.5) is 0 Å². The van der Waals surface area contributed by atoms with E-state index in [1.54, 1.807) is 6.20 Å². The van der Waals surface area contributed by atoms with Crippen LogP contribution in [0.3, 0.4) is 0 Å². The van der Waals surface area contributed by atoms with Gasteiger partial charge in [0.15, 0.2) is 0 Å². The lowest BCUT2D eigenvalue weighted by Gasteiger charge is -2.40. The van der Waals surface area contributed by atoms with Crippen molar-refractivity contribution < 1.29 is 9.84 Å². The molecule has 98 valence electrons. The minimum Gasteiger partial charge on any atom is -0.383 e. The zero-order chi connectivity index (χ0) is 12.4. The second-order valence-electron chi connectivity index (χ2n) is 5.30. The summed E-state index contributed by atoms with van der Waals surface area (Å²) in [5.74, 6) is 0. The molecule has 2 saturated heterocycles. The quantitative estimate of drug-likeness (QED) is 0.853. The molecule has 0 saturated carbocycles. The van der Waals surface area contributed by atoms with Gasteiger partial charge in [-0.05, 0) is 31.4 Å². The molecule has 3 heterocycles. The molecular weight excluding hydrogens is 228 g/mol.